The number of nitrogens with two attached hydrogens (primary N) is 1. The second-order valence-corrected chi connectivity index (χ2v) is 3.33. The highest BCUT2D eigenvalue weighted by Crippen LogP contribution is 2.04. The number of halogens is 1. The third-order valence-corrected chi connectivity index (χ3v) is 1.95. The van der Waals surface area contributed by atoms with Gasteiger partial charge in [-0.25, -0.2) is 4.98 Å². The van der Waals surface area contributed by atoms with Crippen molar-refractivity contribution in [1.29, 1.82) is 0 Å². The van der Waals surface area contributed by atoms with Gasteiger partial charge in [0, 0.05) is 6.20 Å². The lowest BCUT2D eigenvalue weighted by atomic mass is 10.4. The van der Waals surface area contributed by atoms with E-state index >= 15 is 0 Å². The summed E-state index contributed by atoms with van der Waals surface area (Å²) < 4.78 is 14.1. The molecule has 2 aromatic heterocycles. The minimum Gasteiger partial charge on any atom is -0.382 e. The number of nitrogens with one attached hydrogen (secondary N) is 1. The molecule has 1 amide bonds. The molecule has 0 aromatic carbocycles. The van der Waals surface area contributed by atoms with Crippen LogP contribution in [0.1, 0.15) is 0 Å². The molecule has 17 heavy (non-hydrogen) atoms. The topological polar surface area (TPSA) is 85.8 Å². The van der Waals surface area contributed by atoms with Gasteiger partial charge >= 0.3 is 0 Å². The Balaban J connectivity index is 1.98. The number of hydrogen-bond donors (Lipinski definition) is 2. The molecule has 88 valence electrons. The van der Waals surface area contributed by atoms with Crippen LogP contribution in [-0.4, -0.2) is 20.7 Å². The van der Waals surface area contributed by atoms with Crippen LogP contribution in [0.3, 0.4) is 0 Å². The molecular weight excluding hydrogens is 225 g/mol. The number of nitrogen functional groups attached to an aromatic ring is 1. The Bertz CT molecular complexity index is 539. The van der Waals surface area contributed by atoms with Gasteiger partial charge in [-0.2, -0.15) is 9.49 Å². The highest BCUT2D eigenvalue weighted by atomic mass is 19.1. The fraction of sp³-hybridized carbons (Fsp3) is 0.100. The molecule has 2 aromatic rings. The lowest BCUT2D eigenvalue weighted by Gasteiger charge is -2.04. The molecule has 2 rings (SSSR count). The quantitative estimate of drug-likeness (QED) is 0.764. The number of carbonyl (C=O) groups is 1. The van der Waals surface area contributed by atoms with Gasteiger partial charge < -0.3 is 11.1 Å². The molecule has 0 atom stereocenters. The van der Waals surface area contributed by atoms with E-state index in [4.69, 9.17) is 5.73 Å². The monoisotopic (exact) mass is 235 g/mol. The number of aromatic nitrogens is 3. The Labute approximate surface area is 96.3 Å². The van der Waals surface area contributed by atoms with Crippen molar-refractivity contribution >= 4 is 17.5 Å². The first-order chi connectivity index (χ1) is 8.13. The van der Waals surface area contributed by atoms with Gasteiger partial charge in [-0.1, -0.05) is 6.07 Å². The second-order valence-electron chi connectivity index (χ2n) is 3.33. The van der Waals surface area contributed by atoms with Gasteiger partial charge in [0.1, 0.15) is 18.2 Å². The highest BCUT2D eigenvalue weighted by molar-refractivity contribution is 5.89. The number of pyridine rings is 1. The van der Waals surface area contributed by atoms with Gasteiger partial charge in [-0.05, 0) is 18.2 Å². The lowest BCUT2D eigenvalue weighted by molar-refractivity contribution is -0.116. The van der Waals surface area contributed by atoms with Crippen LogP contribution in [0.25, 0.3) is 0 Å². The number of nitrogens with zero attached hydrogens (tertiary/aromatic N) is 3. The fourth-order valence-electron chi connectivity index (χ4n) is 1.27. The molecule has 0 aliphatic heterocycles. The first kappa shape index (κ1) is 11.1. The number of carbonyl (C=O) groups excluding carboxylic acids is 1. The summed E-state index contributed by atoms with van der Waals surface area (Å²) in [5.41, 5.74) is 5.40. The largest absolute Gasteiger partial charge is 0.382 e. The normalized spacial score (nSPS) is 10.2. The van der Waals surface area contributed by atoms with Crippen LogP contribution in [0.5, 0.6) is 0 Å². The maximum absolute atomic E-state index is 12.8. The van der Waals surface area contributed by atoms with Crippen molar-refractivity contribution in [2.45, 2.75) is 6.54 Å². The van der Waals surface area contributed by atoms with Crippen LogP contribution >= 0.6 is 0 Å². The SMILES string of the molecule is Nc1ccn(CC(=O)Nc2cccc(F)n2)n1. The zero-order valence-corrected chi connectivity index (χ0v) is 8.80. The summed E-state index contributed by atoms with van der Waals surface area (Å²) in [5, 5.41) is 6.30. The predicted octanol–water partition coefficient (Wildman–Crippen LogP) is 0.638. The van der Waals surface area contributed by atoms with Crippen molar-refractivity contribution in [1.82, 2.24) is 14.8 Å². The van der Waals surface area contributed by atoms with E-state index in [9.17, 15) is 9.18 Å². The van der Waals surface area contributed by atoms with E-state index in [2.05, 4.69) is 15.4 Å². The minimum atomic E-state index is -0.647. The summed E-state index contributed by atoms with van der Waals surface area (Å²) in [7, 11) is 0. The van der Waals surface area contributed by atoms with Crippen LogP contribution in [0.2, 0.25) is 0 Å². The maximum atomic E-state index is 12.8. The second kappa shape index (κ2) is 4.60. The van der Waals surface area contributed by atoms with E-state index in [1.165, 1.54) is 22.9 Å². The molecule has 7 heteroatoms. The lowest BCUT2D eigenvalue weighted by Crippen LogP contribution is -2.19. The molecule has 0 radical (unpaired) electrons. The first-order valence-electron chi connectivity index (χ1n) is 4.85. The Kier molecular flexibility index (Phi) is 2.99. The summed E-state index contributed by atoms with van der Waals surface area (Å²) >= 11 is 0. The summed E-state index contributed by atoms with van der Waals surface area (Å²) in [5.74, 6) is -0.505. The minimum absolute atomic E-state index is 0.00457. The van der Waals surface area contributed by atoms with E-state index in [1.807, 2.05) is 0 Å². The van der Waals surface area contributed by atoms with Gasteiger partial charge in [0.25, 0.3) is 0 Å². The molecule has 0 spiro atoms. The Morgan fingerprint density at radius 1 is 1.47 bits per heavy atom. The van der Waals surface area contributed by atoms with Crippen molar-refractivity contribution in [3.63, 3.8) is 0 Å². The van der Waals surface area contributed by atoms with E-state index < -0.39 is 5.95 Å². The zero-order chi connectivity index (χ0) is 12.3. The summed E-state index contributed by atoms with van der Waals surface area (Å²) in [6.07, 6.45) is 1.58. The molecule has 0 fully saturated rings. The Hall–Kier alpha value is -2.44. The van der Waals surface area contributed by atoms with E-state index in [0.29, 0.717) is 5.82 Å². The molecule has 0 saturated heterocycles. The van der Waals surface area contributed by atoms with Crippen LogP contribution in [-0.2, 0) is 11.3 Å². The van der Waals surface area contributed by atoms with E-state index in [0.717, 1.165) is 0 Å². The van der Waals surface area contributed by atoms with Crippen molar-refractivity contribution in [2.24, 2.45) is 0 Å². The number of rotatable bonds is 3. The van der Waals surface area contributed by atoms with Crippen LogP contribution in [0, 0.1) is 5.95 Å². The smallest absolute Gasteiger partial charge is 0.247 e. The zero-order valence-electron chi connectivity index (χ0n) is 8.80. The van der Waals surface area contributed by atoms with Crippen molar-refractivity contribution < 1.29 is 9.18 Å². The maximum Gasteiger partial charge on any atom is 0.247 e. The Morgan fingerprint density at radius 3 is 2.94 bits per heavy atom. The van der Waals surface area contributed by atoms with Gasteiger partial charge in [-0.3, -0.25) is 9.48 Å². The highest BCUT2D eigenvalue weighted by Gasteiger charge is 2.05. The summed E-state index contributed by atoms with van der Waals surface area (Å²) in [6, 6.07) is 5.74. The molecular formula is C10H10FN5O. The van der Waals surface area contributed by atoms with Crippen LogP contribution < -0.4 is 11.1 Å². The molecule has 3 N–H and O–H groups in total. The standard InChI is InChI=1S/C10H10FN5O/c11-7-2-1-3-9(13-7)14-10(17)6-16-5-4-8(12)15-16/h1-5H,6H2,(H2,12,15)(H,13,14,17). The fourth-order valence-corrected chi connectivity index (χ4v) is 1.27. The molecule has 0 aliphatic carbocycles. The first-order valence-corrected chi connectivity index (χ1v) is 4.85. The van der Waals surface area contributed by atoms with Gasteiger partial charge in [0.05, 0.1) is 0 Å². The number of hydrogen-bond acceptors (Lipinski definition) is 4. The third kappa shape index (κ3) is 3.00. The molecule has 0 saturated carbocycles. The van der Waals surface area contributed by atoms with Gasteiger partial charge in [0.2, 0.25) is 11.9 Å². The van der Waals surface area contributed by atoms with E-state index in [-0.39, 0.29) is 18.3 Å². The number of amides is 1. The van der Waals surface area contributed by atoms with Crippen LogP contribution in [0.15, 0.2) is 30.5 Å². The third-order valence-electron chi connectivity index (χ3n) is 1.95. The van der Waals surface area contributed by atoms with Gasteiger partial charge in [-0.15, -0.1) is 0 Å². The predicted molar refractivity (Wildman–Crippen MR) is 59.5 cm³/mol. The molecule has 6 nitrogen and oxygen atoms in total. The summed E-state index contributed by atoms with van der Waals surface area (Å²) in [4.78, 5) is 15.0. The average Bonchev–Trinajstić information content (AvgIpc) is 2.63. The van der Waals surface area contributed by atoms with Crippen molar-refractivity contribution in [2.75, 3.05) is 11.1 Å². The molecule has 0 unspecified atom stereocenters. The molecule has 0 aliphatic rings. The number of anilines is 2. The Morgan fingerprint density at radius 2 is 2.29 bits per heavy atom. The van der Waals surface area contributed by atoms with Crippen molar-refractivity contribution in [3.05, 3.63) is 36.4 Å². The summed E-state index contributed by atoms with van der Waals surface area (Å²) in [6.45, 7) is -0.00457. The average molecular weight is 235 g/mol. The van der Waals surface area contributed by atoms with E-state index in [1.54, 1.807) is 12.3 Å². The molecule has 2 heterocycles. The van der Waals surface area contributed by atoms with Gasteiger partial charge in [0.15, 0.2) is 0 Å². The van der Waals surface area contributed by atoms with Crippen LogP contribution in [0.4, 0.5) is 16.0 Å². The van der Waals surface area contributed by atoms with Crippen molar-refractivity contribution in [3.8, 4) is 0 Å². The molecule has 0 bridgehead atoms.